The average Bonchev–Trinajstić information content (AvgIpc) is 3.17. The van der Waals surface area contributed by atoms with E-state index in [9.17, 15) is 0 Å². The Balaban J connectivity index is 1.89. The lowest BCUT2D eigenvalue weighted by Gasteiger charge is -2.09. The Morgan fingerprint density at radius 3 is 2.79 bits per heavy atom. The molecule has 0 amide bonds. The molecule has 1 N–H and O–H groups in total. The molecule has 0 bridgehead atoms. The van der Waals surface area contributed by atoms with Crippen molar-refractivity contribution < 1.29 is 0 Å². The summed E-state index contributed by atoms with van der Waals surface area (Å²) in [6.45, 7) is 4.84. The number of aromatic nitrogens is 3. The zero-order chi connectivity index (χ0) is 13.4. The van der Waals surface area contributed by atoms with E-state index in [-0.39, 0.29) is 0 Å². The molecule has 4 nitrogen and oxygen atoms in total. The van der Waals surface area contributed by atoms with Gasteiger partial charge < -0.3 is 5.32 Å². The van der Waals surface area contributed by atoms with Crippen LogP contribution in [0.5, 0.6) is 0 Å². The van der Waals surface area contributed by atoms with Gasteiger partial charge in [-0.2, -0.15) is 0 Å². The van der Waals surface area contributed by atoms with Gasteiger partial charge in [0.15, 0.2) is 0 Å². The first-order valence-corrected chi connectivity index (χ1v) is 6.91. The minimum Gasteiger partial charge on any atom is -0.310 e. The second kappa shape index (κ2) is 4.94. The molecule has 100 valence electrons. The summed E-state index contributed by atoms with van der Waals surface area (Å²) in [6, 6.07) is 2.70. The van der Waals surface area contributed by atoms with Crippen molar-refractivity contribution in [3.8, 4) is 5.82 Å². The number of hydrogen-bond acceptors (Lipinski definition) is 3. The van der Waals surface area contributed by atoms with Crippen molar-refractivity contribution in [1.82, 2.24) is 19.9 Å². The summed E-state index contributed by atoms with van der Waals surface area (Å²) in [5.41, 5.74) is 3.22. The Hall–Kier alpha value is -1.39. The van der Waals surface area contributed by atoms with Crippen LogP contribution in [0.3, 0.4) is 0 Å². The van der Waals surface area contributed by atoms with Gasteiger partial charge in [-0.15, -0.1) is 0 Å². The number of imidazole rings is 1. The molecule has 1 aliphatic carbocycles. The first kappa shape index (κ1) is 12.6. The predicted molar refractivity (Wildman–Crippen MR) is 75.7 cm³/mol. The number of nitrogens with one attached hydrogen (secondary N) is 1. The number of pyridine rings is 1. The van der Waals surface area contributed by atoms with E-state index in [1.165, 1.54) is 12.8 Å². The zero-order valence-corrected chi connectivity index (χ0v) is 11.9. The molecule has 0 unspecified atom stereocenters. The van der Waals surface area contributed by atoms with Gasteiger partial charge in [-0.1, -0.05) is 11.6 Å². The van der Waals surface area contributed by atoms with Gasteiger partial charge in [-0.05, 0) is 38.3 Å². The summed E-state index contributed by atoms with van der Waals surface area (Å²) in [6.07, 6.45) is 6.07. The van der Waals surface area contributed by atoms with Gasteiger partial charge in [0.1, 0.15) is 12.1 Å². The van der Waals surface area contributed by atoms with Gasteiger partial charge in [0.05, 0.1) is 10.7 Å². The van der Waals surface area contributed by atoms with Crippen LogP contribution in [0.1, 0.15) is 29.8 Å². The third kappa shape index (κ3) is 2.65. The molecule has 1 aliphatic rings. The Labute approximate surface area is 117 Å². The van der Waals surface area contributed by atoms with Crippen LogP contribution in [0.15, 0.2) is 18.6 Å². The molecule has 0 radical (unpaired) electrons. The van der Waals surface area contributed by atoms with Crippen LogP contribution >= 0.6 is 11.6 Å². The van der Waals surface area contributed by atoms with Gasteiger partial charge >= 0.3 is 0 Å². The third-order valence-corrected chi connectivity index (χ3v) is 3.92. The van der Waals surface area contributed by atoms with E-state index in [4.69, 9.17) is 11.6 Å². The molecule has 1 fully saturated rings. The minimum atomic E-state index is 0.671. The first-order chi connectivity index (χ1) is 9.15. The summed E-state index contributed by atoms with van der Waals surface area (Å²) in [4.78, 5) is 8.69. The monoisotopic (exact) mass is 276 g/mol. The summed E-state index contributed by atoms with van der Waals surface area (Å²) < 4.78 is 1.99. The van der Waals surface area contributed by atoms with Gasteiger partial charge in [-0.25, -0.2) is 9.97 Å². The number of nitrogens with zero attached hydrogens (tertiary/aromatic N) is 3. The maximum absolute atomic E-state index is 6.21. The van der Waals surface area contributed by atoms with Crippen LogP contribution in [0, 0.1) is 13.8 Å². The van der Waals surface area contributed by atoms with Crippen LogP contribution in [0.2, 0.25) is 5.02 Å². The highest BCUT2D eigenvalue weighted by atomic mass is 35.5. The number of aryl methyl sites for hydroxylation is 1. The molecule has 0 aliphatic heterocycles. The lowest BCUT2D eigenvalue weighted by atomic mass is 10.2. The van der Waals surface area contributed by atoms with Crippen molar-refractivity contribution in [3.05, 3.63) is 40.6 Å². The van der Waals surface area contributed by atoms with Crippen LogP contribution in [0.25, 0.3) is 5.82 Å². The summed E-state index contributed by atoms with van der Waals surface area (Å²) >= 11 is 6.21. The van der Waals surface area contributed by atoms with Crippen LogP contribution in [-0.4, -0.2) is 20.6 Å². The lowest BCUT2D eigenvalue weighted by molar-refractivity contribution is 0.686. The molecule has 0 spiro atoms. The van der Waals surface area contributed by atoms with Crippen molar-refractivity contribution in [3.63, 3.8) is 0 Å². The van der Waals surface area contributed by atoms with E-state index >= 15 is 0 Å². The fourth-order valence-corrected chi connectivity index (χ4v) is 2.18. The van der Waals surface area contributed by atoms with Crippen molar-refractivity contribution >= 4 is 11.6 Å². The molecule has 3 rings (SSSR count). The van der Waals surface area contributed by atoms with Crippen LogP contribution in [-0.2, 0) is 6.54 Å². The summed E-state index contributed by atoms with van der Waals surface area (Å²) in [5, 5.41) is 4.19. The molecule has 2 aromatic heterocycles. The Morgan fingerprint density at radius 2 is 2.16 bits per heavy atom. The van der Waals surface area contributed by atoms with E-state index in [0.29, 0.717) is 11.1 Å². The van der Waals surface area contributed by atoms with Gasteiger partial charge in [0, 0.05) is 24.5 Å². The van der Waals surface area contributed by atoms with Crippen molar-refractivity contribution in [2.45, 2.75) is 39.3 Å². The summed E-state index contributed by atoms with van der Waals surface area (Å²) in [7, 11) is 0. The summed E-state index contributed by atoms with van der Waals surface area (Å²) in [5.74, 6) is 0.870. The average molecular weight is 277 g/mol. The second-order valence-corrected chi connectivity index (χ2v) is 5.48. The molecule has 1 saturated carbocycles. The fourth-order valence-electron chi connectivity index (χ4n) is 2.01. The third-order valence-electron chi connectivity index (χ3n) is 3.58. The SMILES string of the molecule is Cc1ncn(-c2cc(CNC3CC3)c(Cl)cn2)c1C. The minimum absolute atomic E-state index is 0.671. The lowest BCUT2D eigenvalue weighted by Crippen LogP contribution is -2.16. The Morgan fingerprint density at radius 1 is 1.37 bits per heavy atom. The van der Waals surface area contributed by atoms with E-state index in [1.807, 2.05) is 24.5 Å². The number of hydrogen-bond donors (Lipinski definition) is 1. The molecule has 19 heavy (non-hydrogen) atoms. The Kier molecular flexibility index (Phi) is 3.29. The quantitative estimate of drug-likeness (QED) is 0.934. The highest BCUT2D eigenvalue weighted by Crippen LogP contribution is 2.23. The zero-order valence-electron chi connectivity index (χ0n) is 11.2. The highest BCUT2D eigenvalue weighted by molar-refractivity contribution is 6.31. The largest absolute Gasteiger partial charge is 0.310 e. The standard InChI is InChI=1S/C14H17ClN4/c1-9-10(2)19(8-18-9)14-5-11(13(15)7-17-14)6-16-12-3-4-12/h5,7-8,12,16H,3-4,6H2,1-2H3. The van der Waals surface area contributed by atoms with Gasteiger partial charge in [0.25, 0.3) is 0 Å². The van der Waals surface area contributed by atoms with Gasteiger partial charge in [-0.3, -0.25) is 4.57 Å². The molecule has 0 atom stereocenters. The molecule has 0 saturated heterocycles. The van der Waals surface area contributed by atoms with E-state index in [0.717, 1.165) is 29.3 Å². The molecule has 5 heteroatoms. The molecule has 2 aromatic rings. The highest BCUT2D eigenvalue weighted by Gasteiger charge is 2.20. The molecule has 2 heterocycles. The van der Waals surface area contributed by atoms with E-state index in [2.05, 4.69) is 15.3 Å². The predicted octanol–water partition coefficient (Wildman–Crippen LogP) is 2.79. The molecule has 0 aromatic carbocycles. The van der Waals surface area contributed by atoms with Crippen LogP contribution < -0.4 is 5.32 Å². The smallest absolute Gasteiger partial charge is 0.138 e. The number of rotatable bonds is 4. The molecular formula is C14H17ClN4. The van der Waals surface area contributed by atoms with Gasteiger partial charge in [0.2, 0.25) is 0 Å². The van der Waals surface area contributed by atoms with Crippen molar-refractivity contribution in [1.29, 1.82) is 0 Å². The normalized spacial score (nSPS) is 14.9. The fraction of sp³-hybridized carbons (Fsp3) is 0.429. The topological polar surface area (TPSA) is 42.7 Å². The second-order valence-electron chi connectivity index (χ2n) is 5.07. The molecular weight excluding hydrogens is 260 g/mol. The van der Waals surface area contributed by atoms with E-state index in [1.54, 1.807) is 12.5 Å². The van der Waals surface area contributed by atoms with E-state index < -0.39 is 0 Å². The first-order valence-electron chi connectivity index (χ1n) is 6.54. The maximum Gasteiger partial charge on any atom is 0.138 e. The van der Waals surface area contributed by atoms with Crippen molar-refractivity contribution in [2.75, 3.05) is 0 Å². The number of halogens is 1. The van der Waals surface area contributed by atoms with Crippen molar-refractivity contribution in [2.24, 2.45) is 0 Å². The van der Waals surface area contributed by atoms with Crippen LogP contribution in [0.4, 0.5) is 0 Å². The Bertz CT molecular complexity index is 601. The maximum atomic E-state index is 6.21.